The minimum absolute atomic E-state index is 0.0274. The van der Waals surface area contributed by atoms with Gasteiger partial charge in [-0.3, -0.25) is 0 Å². The van der Waals surface area contributed by atoms with Gasteiger partial charge in [0.1, 0.15) is 0 Å². The third kappa shape index (κ3) is 7.33. The maximum atomic E-state index is 7.36. The smallest absolute Gasteiger partial charge is 0.0879 e. The molecular formula is C49H58O4. The van der Waals surface area contributed by atoms with Gasteiger partial charge in [-0.15, -0.1) is 0 Å². The summed E-state index contributed by atoms with van der Waals surface area (Å²) in [5, 5.41) is 0. The molecule has 0 aromatic heterocycles. The quantitative estimate of drug-likeness (QED) is 0.137. The third-order valence-corrected chi connectivity index (χ3v) is 14.1. The molecule has 4 aliphatic rings. The Morgan fingerprint density at radius 3 is 1.57 bits per heavy atom. The van der Waals surface area contributed by atoms with Crippen LogP contribution in [-0.4, -0.2) is 24.4 Å². The van der Waals surface area contributed by atoms with Crippen molar-refractivity contribution in [1.82, 2.24) is 0 Å². The van der Waals surface area contributed by atoms with Crippen LogP contribution in [0.2, 0.25) is 0 Å². The second kappa shape index (κ2) is 16.1. The van der Waals surface area contributed by atoms with E-state index in [2.05, 4.69) is 148 Å². The van der Waals surface area contributed by atoms with Gasteiger partial charge in [0, 0.05) is 11.8 Å². The van der Waals surface area contributed by atoms with Crippen molar-refractivity contribution in [3.05, 3.63) is 155 Å². The summed E-state index contributed by atoms with van der Waals surface area (Å²) in [6.07, 6.45) is 9.00. The molecule has 0 aliphatic heterocycles. The summed E-state index contributed by atoms with van der Waals surface area (Å²) < 4.78 is 28.8. The number of hydrogen-bond acceptors (Lipinski definition) is 4. The van der Waals surface area contributed by atoms with Gasteiger partial charge in [0.15, 0.2) is 0 Å². The highest BCUT2D eigenvalue weighted by molar-refractivity contribution is 5.27. The first-order chi connectivity index (χ1) is 26.0. The number of benzene rings is 4. The van der Waals surface area contributed by atoms with Gasteiger partial charge < -0.3 is 18.9 Å². The van der Waals surface area contributed by atoms with Gasteiger partial charge in [-0.05, 0) is 90.4 Å². The average Bonchev–Trinajstić information content (AvgIpc) is 3.55. The fourth-order valence-corrected chi connectivity index (χ4v) is 11.4. The summed E-state index contributed by atoms with van der Waals surface area (Å²) in [5.74, 6) is 1.56. The molecule has 0 N–H and O–H groups in total. The van der Waals surface area contributed by atoms with Crippen LogP contribution in [0.25, 0.3) is 0 Å². The van der Waals surface area contributed by atoms with Crippen LogP contribution in [0.3, 0.4) is 0 Å². The molecule has 4 aromatic rings. The molecule has 0 amide bonds. The standard InChI is InChI=1S/C49H58O4/c1-4-39-25-26-41-45-42(27-28-48(39,41)2)49(3)43(46(52-33-37-21-13-7-14-22-37)47(45)53-34-38-23-15-8-16-24-38)29-40(50-31-35-17-9-5-10-18-35)30-44(49)51-32-36-19-11-6-12-20-36/h4-24,40-47H,25-34H2,1-3H3/b39-4-/t40-,41?,42?,43?,44-,45?,46+,47+,48+,49+/m0/s1. The lowest BCUT2D eigenvalue weighted by Crippen LogP contribution is -2.68. The van der Waals surface area contributed by atoms with Crippen molar-refractivity contribution in [1.29, 1.82) is 0 Å². The predicted molar refractivity (Wildman–Crippen MR) is 212 cm³/mol. The Morgan fingerprint density at radius 1 is 0.547 bits per heavy atom. The van der Waals surface area contributed by atoms with Crippen LogP contribution >= 0.6 is 0 Å². The highest BCUT2D eigenvalue weighted by Gasteiger charge is 2.68. The zero-order chi connectivity index (χ0) is 36.3. The Hall–Kier alpha value is -3.54. The summed E-state index contributed by atoms with van der Waals surface area (Å²) in [4.78, 5) is 0. The van der Waals surface area contributed by atoms with Crippen molar-refractivity contribution < 1.29 is 18.9 Å². The van der Waals surface area contributed by atoms with E-state index in [1.165, 1.54) is 47.9 Å². The summed E-state index contributed by atoms with van der Waals surface area (Å²) in [6.45, 7) is 9.76. The molecule has 53 heavy (non-hydrogen) atoms. The number of hydrogen-bond donors (Lipinski definition) is 0. The summed E-state index contributed by atoms with van der Waals surface area (Å²) in [5.41, 5.74) is 6.57. The zero-order valence-electron chi connectivity index (χ0n) is 31.9. The summed E-state index contributed by atoms with van der Waals surface area (Å²) in [6, 6.07) is 42.8. The van der Waals surface area contributed by atoms with Gasteiger partial charge in [-0.2, -0.15) is 0 Å². The molecule has 8 rings (SSSR count). The zero-order valence-corrected chi connectivity index (χ0v) is 31.9. The molecule has 0 radical (unpaired) electrons. The lowest BCUT2D eigenvalue weighted by Gasteiger charge is -2.66. The van der Waals surface area contributed by atoms with Gasteiger partial charge in [-0.1, -0.05) is 147 Å². The van der Waals surface area contributed by atoms with Crippen molar-refractivity contribution in [3.8, 4) is 0 Å². The van der Waals surface area contributed by atoms with Crippen molar-refractivity contribution in [2.45, 2.75) is 110 Å². The first-order valence-electron chi connectivity index (χ1n) is 20.2. The van der Waals surface area contributed by atoms with E-state index >= 15 is 0 Å². The first-order valence-corrected chi connectivity index (χ1v) is 20.2. The Bertz CT molecular complexity index is 1780. The molecular weight excluding hydrogens is 653 g/mol. The number of allylic oxidation sites excluding steroid dienone is 2. The molecule has 4 nitrogen and oxygen atoms in total. The highest BCUT2D eigenvalue weighted by Crippen LogP contribution is 2.68. The van der Waals surface area contributed by atoms with E-state index in [-0.39, 0.29) is 41.2 Å². The van der Waals surface area contributed by atoms with Crippen LogP contribution in [0.15, 0.2) is 133 Å². The predicted octanol–water partition coefficient (Wildman–Crippen LogP) is 11.1. The van der Waals surface area contributed by atoms with E-state index in [9.17, 15) is 0 Å². The maximum Gasteiger partial charge on any atom is 0.0879 e. The van der Waals surface area contributed by atoms with Crippen LogP contribution < -0.4 is 0 Å². The lowest BCUT2D eigenvalue weighted by molar-refractivity contribution is -0.281. The van der Waals surface area contributed by atoms with E-state index in [1.807, 2.05) is 0 Å². The van der Waals surface area contributed by atoms with Crippen molar-refractivity contribution in [2.75, 3.05) is 0 Å². The van der Waals surface area contributed by atoms with E-state index in [4.69, 9.17) is 18.9 Å². The molecule has 10 atom stereocenters. The highest BCUT2D eigenvalue weighted by atomic mass is 16.5. The largest absolute Gasteiger partial charge is 0.373 e. The minimum Gasteiger partial charge on any atom is -0.373 e. The van der Waals surface area contributed by atoms with E-state index in [0.717, 1.165) is 12.8 Å². The van der Waals surface area contributed by atoms with Crippen molar-refractivity contribution in [2.24, 2.45) is 34.5 Å². The van der Waals surface area contributed by atoms with Crippen LogP contribution in [-0.2, 0) is 45.4 Å². The molecule has 0 bridgehead atoms. The Morgan fingerprint density at radius 2 is 1.04 bits per heavy atom. The molecule has 4 aliphatic carbocycles. The van der Waals surface area contributed by atoms with E-state index in [1.54, 1.807) is 5.57 Å². The number of fused-ring (bicyclic) bond motifs is 5. The van der Waals surface area contributed by atoms with Crippen molar-refractivity contribution in [3.63, 3.8) is 0 Å². The number of rotatable bonds is 12. The van der Waals surface area contributed by atoms with Crippen LogP contribution in [0.5, 0.6) is 0 Å². The van der Waals surface area contributed by atoms with Gasteiger partial charge in [0.05, 0.1) is 50.8 Å². The monoisotopic (exact) mass is 710 g/mol. The molecule has 4 aromatic carbocycles. The molecule has 0 heterocycles. The van der Waals surface area contributed by atoms with Crippen LogP contribution in [0.4, 0.5) is 0 Å². The average molecular weight is 711 g/mol. The SMILES string of the molecule is C/C=C1/CCC2C3C(CC[C@]12C)[C@]1(C)C(C[C@H](OCc2ccccc2)C[C@@H]1OCc1ccccc1)[C@@H](OCc1ccccc1)[C@@H]3OCc1ccccc1. The molecule has 4 heteroatoms. The summed E-state index contributed by atoms with van der Waals surface area (Å²) >= 11 is 0. The molecule has 4 saturated carbocycles. The molecule has 4 unspecified atom stereocenters. The summed E-state index contributed by atoms with van der Waals surface area (Å²) in [7, 11) is 0. The van der Waals surface area contributed by atoms with Gasteiger partial charge >= 0.3 is 0 Å². The topological polar surface area (TPSA) is 36.9 Å². The van der Waals surface area contributed by atoms with Crippen molar-refractivity contribution >= 4 is 0 Å². The minimum atomic E-state index is -0.111. The Balaban J connectivity index is 1.20. The van der Waals surface area contributed by atoms with Gasteiger partial charge in [-0.25, -0.2) is 0 Å². The van der Waals surface area contributed by atoms with Crippen LogP contribution in [0, 0.1) is 34.5 Å². The molecule has 0 saturated heterocycles. The van der Waals surface area contributed by atoms with E-state index < -0.39 is 0 Å². The van der Waals surface area contributed by atoms with Crippen LogP contribution in [0.1, 0.15) is 81.5 Å². The third-order valence-electron chi connectivity index (χ3n) is 14.1. The molecule has 0 spiro atoms. The fourth-order valence-electron chi connectivity index (χ4n) is 11.4. The second-order valence-corrected chi connectivity index (χ2v) is 16.8. The first kappa shape index (κ1) is 36.4. The Labute approximate surface area is 317 Å². The lowest BCUT2D eigenvalue weighted by atomic mass is 9.42. The Kier molecular flexibility index (Phi) is 11.0. The molecule has 4 fully saturated rings. The second-order valence-electron chi connectivity index (χ2n) is 16.8. The maximum absolute atomic E-state index is 7.36. The van der Waals surface area contributed by atoms with Gasteiger partial charge in [0.25, 0.3) is 0 Å². The fraction of sp³-hybridized carbons (Fsp3) is 0.469. The van der Waals surface area contributed by atoms with Gasteiger partial charge in [0.2, 0.25) is 0 Å². The normalized spacial score (nSPS) is 34.3. The number of ether oxygens (including phenoxy) is 4. The molecule has 278 valence electrons. The van der Waals surface area contributed by atoms with E-state index in [0.29, 0.717) is 44.2 Å².